The monoisotopic (exact) mass is 404 g/mol. The van der Waals surface area contributed by atoms with E-state index in [1.54, 1.807) is 0 Å². The number of anilines is 1. The van der Waals surface area contributed by atoms with E-state index in [4.69, 9.17) is 58.0 Å². The number of hydrogen-bond acceptors (Lipinski definition) is 3. The molecule has 2 rings (SSSR count). The molecule has 0 saturated heterocycles. The quantitative estimate of drug-likeness (QED) is 0.717. The average molecular weight is 407 g/mol. The molecule has 0 aliphatic carbocycles. The highest BCUT2D eigenvalue weighted by atomic mass is 35.5. The molecule has 0 aliphatic rings. The Kier molecular flexibility index (Phi) is 5.13. The van der Waals surface area contributed by atoms with Crippen LogP contribution < -0.4 is 4.72 Å². The first-order valence-corrected chi connectivity index (χ1v) is 8.56. The number of nitrogens with one attached hydrogen (secondary N) is 1. The largest absolute Gasteiger partial charge is 0.277 e. The van der Waals surface area contributed by atoms with Crippen LogP contribution in [0.4, 0.5) is 5.69 Å². The Labute approximate surface area is 146 Å². The highest BCUT2D eigenvalue weighted by Crippen LogP contribution is 2.35. The number of hydrogen-bond donors (Lipinski definition) is 1. The second kappa shape index (κ2) is 6.36. The van der Waals surface area contributed by atoms with Gasteiger partial charge in [0, 0.05) is 11.2 Å². The minimum Gasteiger partial charge on any atom is -0.277 e. The Bertz CT molecular complexity index is 787. The lowest BCUT2D eigenvalue weighted by Gasteiger charge is -2.12. The molecule has 21 heavy (non-hydrogen) atoms. The molecular weight excluding hydrogens is 401 g/mol. The summed E-state index contributed by atoms with van der Waals surface area (Å²) in [6.45, 7) is 0. The highest BCUT2D eigenvalue weighted by molar-refractivity contribution is 7.92. The lowest BCUT2D eigenvalue weighted by molar-refractivity contribution is 0.601. The van der Waals surface area contributed by atoms with Gasteiger partial charge in [0.05, 0.1) is 20.8 Å². The molecule has 0 saturated carbocycles. The fraction of sp³-hybridized carbons (Fsp3) is 0. The molecule has 0 fully saturated rings. The van der Waals surface area contributed by atoms with Gasteiger partial charge in [-0.2, -0.15) is 0 Å². The molecule has 10 heteroatoms. The summed E-state index contributed by atoms with van der Waals surface area (Å²) in [6.07, 6.45) is 1.06. The van der Waals surface area contributed by atoms with Crippen molar-refractivity contribution in [3.05, 3.63) is 49.6 Å². The molecule has 2 aromatic rings. The summed E-state index contributed by atoms with van der Waals surface area (Å²) in [5, 5.41) is 0.406. The summed E-state index contributed by atoms with van der Waals surface area (Å²) in [6, 6.07) is 3.89. The van der Waals surface area contributed by atoms with Crippen molar-refractivity contribution in [1.82, 2.24) is 4.98 Å². The van der Waals surface area contributed by atoms with Crippen molar-refractivity contribution in [1.29, 1.82) is 0 Å². The summed E-state index contributed by atoms with van der Waals surface area (Å²) in [4.78, 5) is 3.49. The van der Waals surface area contributed by atoms with E-state index in [9.17, 15) is 8.42 Å². The van der Waals surface area contributed by atoms with Crippen LogP contribution in [0.3, 0.4) is 0 Å². The molecule has 112 valence electrons. The molecule has 1 aromatic carbocycles. The summed E-state index contributed by atoms with van der Waals surface area (Å²) >= 11 is 29.0. The van der Waals surface area contributed by atoms with Crippen LogP contribution in [0.15, 0.2) is 29.3 Å². The van der Waals surface area contributed by atoms with Crippen LogP contribution in [0.25, 0.3) is 0 Å². The maximum Gasteiger partial charge on any atom is 0.263 e. The van der Waals surface area contributed by atoms with E-state index >= 15 is 0 Å². The van der Waals surface area contributed by atoms with E-state index in [0.717, 1.165) is 12.3 Å². The smallest absolute Gasteiger partial charge is 0.263 e. The molecule has 1 N–H and O–H groups in total. The second-order valence-corrected chi connectivity index (χ2v) is 7.49. The first-order chi connectivity index (χ1) is 9.70. The maximum absolute atomic E-state index is 12.3. The number of nitrogens with zero attached hydrogens (tertiary/aromatic N) is 1. The van der Waals surface area contributed by atoms with Gasteiger partial charge in [-0.3, -0.25) is 4.72 Å². The van der Waals surface area contributed by atoms with Crippen LogP contribution in [-0.2, 0) is 10.0 Å². The van der Waals surface area contributed by atoms with Gasteiger partial charge < -0.3 is 0 Å². The normalized spacial score (nSPS) is 11.5. The average Bonchev–Trinajstić information content (AvgIpc) is 2.37. The molecule has 0 atom stereocenters. The fourth-order valence-corrected chi connectivity index (χ4v) is 3.81. The number of rotatable bonds is 3. The first kappa shape index (κ1) is 16.9. The van der Waals surface area contributed by atoms with Gasteiger partial charge in [-0.05, 0) is 18.2 Å². The number of sulfonamides is 1. The number of halogens is 5. The van der Waals surface area contributed by atoms with E-state index in [1.165, 1.54) is 12.1 Å². The van der Waals surface area contributed by atoms with Crippen molar-refractivity contribution in [3.8, 4) is 0 Å². The van der Waals surface area contributed by atoms with E-state index in [2.05, 4.69) is 9.71 Å². The van der Waals surface area contributed by atoms with Crippen LogP contribution in [-0.4, -0.2) is 13.4 Å². The molecule has 4 nitrogen and oxygen atoms in total. The van der Waals surface area contributed by atoms with Crippen molar-refractivity contribution in [3.63, 3.8) is 0 Å². The zero-order valence-electron chi connectivity index (χ0n) is 9.87. The molecule has 0 spiro atoms. The third kappa shape index (κ3) is 3.86. The Hall–Kier alpha value is -0.430. The van der Waals surface area contributed by atoms with Crippen LogP contribution in [0, 0.1) is 0 Å². The molecular formula is C11H5Cl5N2O2S. The van der Waals surface area contributed by atoms with Crippen LogP contribution in [0.5, 0.6) is 0 Å². The third-order valence-corrected chi connectivity index (χ3v) is 5.14. The predicted octanol–water partition coefficient (Wildman–Crippen LogP) is 5.15. The Morgan fingerprint density at radius 1 is 0.905 bits per heavy atom. The summed E-state index contributed by atoms with van der Waals surface area (Å²) in [7, 11) is -3.98. The Morgan fingerprint density at radius 2 is 1.48 bits per heavy atom. The molecule has 1 aromatic heterocycles. The SMILES string of the molecule is O=S(=O)(Nc1c(Cl)cc(Cl)cc1Cl)c1cnc(Cl)c(Cl)c1. The van der Waals surface area contributed by atoms with Crippen molar-refractivity contribution in [2.45, 2.75) is 4.90 Å². The van der Waals surface area contributed by atoms with Crippen LogP contribution in [0.1, 0.15) is 0 Å². The molecule has 0 radical (unpaired) electrons. The summed E-state index contributed by atoms with van der Waals surface area (Å²) in [5.41, 5.74) is 0.00815. The van der Waals surface area contributed by atoms with Gasteiger partial charge in [0.25, 0.3) is 10.0 Å². The minimum absolute atomic E-state index is 0.00169. The van der Waals surface area contributed by atoms with Crippen molar-refractivity contribution < 1.29 is 8.42 Å². The summed E-state index contributed by atoms with van der Waals surface area (Å²) in [5.74, 6) is 0. The highest BCUT2D eigenvalue weighted by Gasteiger charge is 2.20. The fourth-order valence-electron chi connectivity index (χ4n) is 1.38. The van der Waals surface area contributed by atoms with E-state index in [1.807, 2.05) is 0 Å². The second-order valence-electron chi connectivity index (χ2n) is 3.79. The minimum atomic E-state index is -3.98. The molecule has 0 aliphatic heterocycles. The van der Waals surface area contributed by atoms with Crippen LogP contribution >= 0.6 is 58.0 Å². The number of benzene rings is 1. The predicted molar refractivity (Wildman–Crippen MR) is 86.5 cm³/mol. The van der Waals surface area contributed by atoms with Crippen molar-refractivity contribution in [2.75, 3.05) is 4.72 Å². The molecule has 0 bridgehead atoms. The van der Waals surface area contributed by atoms with Gasteiger partial charge in [0.15, 0.2) is 0 Å². The van der Waals surface area contributed by atoms with E-state index < -0.39 is 10.0 Å². The van der Waals surface area contributed by atoms with Gasteiger partial charge in [0.1, 0.15) is 10.0 Å². The van der Waals surface area contributed by atoms with Crippen molar-refractivity contribution >= 4 is 73.7 Å². The zero-order chi connectivity index (χ0) is 15.8. The maximum atomic E-state index is 12.3. The zero-order valence-corrected chi connectivity index (χ0v) is 14.5. The molecule has 1 heterocycles. The van der Waals surface area contributed by atoms with Gasteiger partial charge in [-0.25, -0.2) is 13.4 Å². The van der Waals surface area contributed by atoms with Gasteiger partial charge >= 0.3 is 0 Å². The Morgan fingerprint density at radius 3 is 2.00 bits per heavy atom. The van der Waals surface area contributed by atoms with E-state index in [-0.39, 0.29) is 35.8 Å². The van der Waals surface area contributed by atoms with Crippen molar-refractivity contribution in [2.24, 2.45) is 0 Å². The first-order valence-electron chi connectivity index (χ1n) is 5.19. The number of aromatic nitrogens is 1. The molecule has 0 amide bonds. The standard InChI is InChI=1S/C11H5Cl5N2O2S/c12-5-1-7(13)10(8(14)2-5)18-21(19,20)6-3-9(15)11(16)17-4-6/h1-4,18H. The summed E-state index contributed by atoms with van der Waals surface area (Å²) < 4.78 is 26.8. The topological polar surface area (TPSA) is 59.1 Å². The van der Waals surface area contributed by atoms with Crippen LogP contribution in [0.2, 0.25) is 25.2 Å². The van der Waals surface area contributed by atoms with Gasteiger partial charge in [0.2, 0.25) is 0 Å². The third-order valence-electron chi connectivity index (χ3n) is 2.32. The lowest BCUT2D eigenvalue weighted by Crippen LogP contribution is -2.14. The lowest BCUT2D eigenvalue weighted by atomic mass is 10.3. The van der Waals surface area contributed by atoms with Gasteiger partial charge in [-0.1, -0.05) is 58.0 Å². The molecule has 0 unspecified atom stereocenters. The Balaban J connectivity index is 2.44. The number of pyridine rings is 1. The van der Waals surface area contributed by atoms with E-state index in [0.29, 0.717) is 0 Å². The van der Waals surface area contributed by atoms with Gasteiger partial charge in [-0.15, -0.1) is 0 Å².